The molecule has 0 rings (SSSR count). The van der Waals surface area contributed by atoms with Crippen LogP contribution in [0.2, 0.25) is 0 Å². The molecule has 144 valence electrons. The number of ether oxygens (including phenoxy) is 3. The molecule has 26 heavy (non-hydrogen) atoms. The molecule has 0 amide bonds. The third-order valence-electron chi connectivity index (χ3n) is 3.10. The van der Waals surface area contributed by atoms with E-state index < -0.39 is 52.6 Å². The number of carbonyl (C=O) groups is 3. The first kappa shape index (κ1) is 26.6. The first-order valence-electron chi connectivity index (χ1n) is 7.12. The fraction of sp³-hybridized carbons (Fsp3) is 0.533. The summed E-state index contributed by atoms with van der Waals surface area (Å²) in [5.74, 6) is -3.97. The number of hydrogen-bond donors (Lipinski definition) is 1. The minimum absolute atomic E-state index is 0. The zero-order valence-corrected chi connectivity index (χ0v) is 15.2. The molecule has 1 N–H and O–H groups in total. The van der Waals surface area contributed by atoms with E-state index in [4.69, 9.17) is 14.0 Å². The van der Waals surface area contributed by atoms with E-state index >= 15 is 0 Å². The van der Waals surface area contributed by atoms with Gasteiger partial charge in [-0.2, -0.15) is 8.42 Å². The normalized spacial score (nSPS) is 10.9. The van der Waals surface area contributed by atoms with Crippen molar-refractivity contribution in [2.24, 2.45) is 5.41 Å². The summed E-state index contributed by atoms with van der Waals surface area (Å²) in [5.41, 5.74) is -1.49. The standard InChI is InChI=1S/C15H22O9S.Li.H/c1-6-15(7-22-12(16)10(2)3,8-23-13(17)11(4)5)14(18)24-9-25(19,20)21;;/h2,4,6-9H2,1,3,5H3,(H,19,20,21);;. The van der Waals surface area contributed by atoms with E-state index in [1.807, 2.05) is 0 Å². The van der Waals surface area contributed by atoms with Crippen molar-refractivity contribution in [2.45, 2.75) is 27.2 Å². The Balaban J connectivity index is 0. The molecule has 0 atom stereocenters. The van der Waals surface area contributed by atoms with Gasteiger partial charge in [-0.05, 0) is 20.3 Å². The third kappa shape index (κ3) is 9.19. The summed E-state index contributed by atoms with van der Waals surface area (Å²) in [4.78, 5) is 35.4. The maximum absolute atomic E-state index is 12.3. The Kier molecular flexibility index (Phi) is 11.5. The molecule has 0 fully saturated rings. The van der Waals surface area contributed by atoms with E-state index in [1.54, 1.807) is 0 Å². The van der Waals surface area contributed by atoms with Crippen molar-refractivity contribution in [2.75, 3.05) is 19.2 Å². The van der Waals surface area contributed by atoms with Gasteiger partial charge in [0.15, 0.2) is 0 Å². The van der Waals surface area contributed by atoms with Crippen molar-refractivity contribution in [3.05, 3.63) is 24.3 Å². The van der Waals surface area contributed by atoms with Crippen molar-refractivity contribution in [1.29, 1.82) is 0 Å². The summed E-state index contributed by atoms with van der Waals surface area (Å²) in [6, 6.07) is 0. The van der Waals surface area contributed by atoms with Crippen LogP contribution in [-0.4, -0.2) is 68.9 Å². The Morgan fingerprint density at radius 3 is 1.62 bits per heavy atom. The summed E-state index contributed by atoms with van der Waals surface area (Å²) < 4.78 is 44.6. The molecule has 0 aliphatic carbocycles. The van der Waals surface area contributed by atoms with E-state index in [1.165, 1.54) is 20.8 Å². The van der Waals surface area contributed by atoms with Crippen LogP contribution in [0.3, 0.4) is 0 Å². The topological polar surface area (TPSA) is 133 Å². The second-order valence-corrected chi connectivity index (χ2v) is 6.88. The molecule has 11 heteroatoms. The van der Waals surface area contributed by atoms with Gasteiger partial charge in [0.1, 0.15) is 18.6 Å². The van der Waals surface area contributed by atoms with Crippen LogP contribution >= 0.6 is 0 Å². The van der Waals surface area contributed by atoms with Gasteiger partial charge in [-0.15, -0.1) is 0 Å². The predicted octanol–water partition coefficient (Wildman–Crippen LogP) is 0.361. The number of rotatable bonds is 10. The molecule has 0 spiro atoms. The monoisotopic (exact) mass is 386 g/mol. The predicted molar refractivity (Wildman–Crippen MR) is 93.9 cm³/mol. The molecule has 0 radical (unpaired) electrons. The summed E-state index contributed by atoms with van der Waals surface area (Å²) >= 11 is 0. The first-order chi connectivity index (χ1) is 11.3. The van der Waals surface area contributed by atoms with Crippen molar-refractivity contribution < 1.29 is 41.6 Å². The van der Waals surface area contributed by atoms with Crippen LogP contribution in [0.15, 0.2) is 24.3 Å². The molecule has 0 bridgehead atoms. The Bertz CT molecular complexity index is 637. The molecular formula is C15H23LiO9S. The average molecular weight is 386 g/mol. The van der Waals surface area contributed by atoms with E-state index in [9.17, 15) is 22.8 Å². The van der Waals surface area contributed by atoms with E-state index in [0.717, 1.165) is 0 Å². The number of hydrogen-bond acceptors (Lipinski definition) is 8. The first-order valence-corrected chi connectivity index (χ1v) is 8.73. The summed E-state index contributed by atoms with van der Waals surface area (Å²) in [6.45, 7) is 10.0. The molecule has 0 saturated carbocycles. The van der Waals surface area contributed by atoms with Crippen LogP contribution in [0.1, 0.15) is 27.2 Å². The molecule has 0 aliphatic heterocycles. The van der Waals surface area contributed by atoms with Crippen LogP contribution in [-0.2, 0) is 38.7 Å². The Morgan fingerprint density at radius 1 is 0.962 bits per heavy atom. The van der Waals surface area contributed by atoms with Gasteiger partial charge >= 0.3 is 46.9 Å². The second-order valence-electron chi connectivity index (χ2n) is 5.48. The third-order valence-corrected chi connectivity index (χ3v) is 3.52. The van der Waals surface area contributed by atoms with Gasteiger partial charge in [0.05, 0.1) is 0 Å². The van der Waals surface area contributed by atoms with Gasteiger partial charge in [0, 0.05) is 11.1 Å². The Labute approximate surface area is 164 Å². The Hall–Kier alpha value is -1.60. The quantitative estimate of drug-likeness (QED) is 0.186. The second kappa shape index (κ2) is 11.2. The van der Waals surface area contributed by atoms with E-state index in [2.05, 4.69) is 17.9 Å². The van der Waals surface area contributed by atoms with E-state index in [0.29, 0.717) is 0 Å². The Morgan fingerprint density at radius 2 is 1.35 bits per heavy atom. The van der Waals surface area contributed by atoms with Gasteiger partial charge in [0.25, 0.3) is 0 Å². The molecule has 0 unspecified atom stereocenters. The van der Waals surface area contributed by atoms with Crippen LogP contribution in [0.5, 0.6) is 0 Å². The minimum atomic E-state index is -4.56. The van der Waals surface area contributed by atoms with Crippen LogP contribution in [0.25, 0.3) is 0 Å². The summed E-state index contributed by atoms with van der Waals surface area (Å²) in [7, 11) is -4.56. The number of carbonyl (C=O) groups excluding carboxylic acids is 3. The van der Waals surface area contributed by atoms with Crippen molar-refractivity contribution >= 4 is 46.9 Å². The van der Waals surface area contributed by atoms with E-state index in [-0.39, 0.29) is 36.4 Å². The number of esters is 3. The van der Waals surface area contributed by atoms with Crippen LogP contribution in [0.4, 0.5) is 0 Å². The molecule has 0 aromatic heterocycles. The van der Waals surface area contributed by atoms with Gasteiger partial charge in [-0.1, -0.05) is 20.1 Å². The van der Waals surface area contributed by atoms with Crippen molar-refractivity contribution in [3.63, 3.8) is 0 Å². The van der Waals surface area contributed by atoms with Crippen LogP contribution < -0.4 is 0 Å². The molecule has 0 aliphatic rings. The summed E-state index contributed by atoms with van der Waals surface area (Å²) in [6.07, 6.45) is -0.00967. The van der Waals surface area contributed by atoms with Crippen molar-refractivity contribution in [3.8, 4) is 0 Å². The van der Waals surface area contributed by atoms with Crippen LogP contribution in [0, 0.1) is 5.41 Å². The van der Waals surface area contributed by atoms with Gasteiger partial charge in [-0.3, -0.25) is 9.35 Å². The SMILES string of the molecule is C=C(C)C(=O)OCC(CC)(COC(=O)C(=C)C)C(=O)OCS(=O)(=O)O.[LiH]. The molecule has 0 aromatic rings. The fourth-order valence-electron chi connectivity index (χ4n) is 1.44. The molecular weight excluding hydrogens is 363 g/mol. The fourth-order valence-corrected chi connectivity index (χ4v) is 1.70. The molecule has 0 heterocycles. The molecule has 0 saturated heterocycles. The molecule has 9 nitrogen and oxygen atoms in total. The average Bonchev–Trinajstić information content (AvgIpc) is 2.51. The van der Waals surface area contributed by atoms with Gasteiger partial charge in [0.2, 0.25) is 5.94 Å². The van der Waals surface area contributed by atoms with Gasteiger partial charge < -0.3 is 14.2 Å². The van der Waals surface area contributed by atoms with Crippen molar-refractivity contribution in [1.82, 2.24) is 0 Å². The van der Waals surface area contributed by atoms with Gasteiger partial charge in [-0.25, -0.2) is 9.59 Å². The maximum atomic E-state index is 12.3. The zero-order chi connectivity index (χ0) is 19.8. The zero-order valence-electron chi connectivity index (χ0n) is 14.4. The summed E-state index contributed by atoms with van der Waals surface area (Å²) in [5, 5.41) is 0. The molecule has 0 aromatic carbocycles.